The number of carbonyl (C=O) groups excluding carboxylic acids is 2. The van der Waals surface area contributed by atoms with Gasteiger partial charge in [-0.05, 0) is 30.5 Å². The van der Waals surface area contributed by atoms with Gasteiger partial charge in [0.1, 0.15) is 6.54 Å². The SMILES string of the molecule is N#CCc1cccc(C(=O)N2CCN([C@H]3CCCN(CC(F)(F)F)C3=O)CC2)c1. The van der Waals surface area contributed by atoms with Gasteiger partial charge < -0.3 is 9.80 Å². The van der Waals surface area contributed by atoms with E-state index in [9.17, 15) is 22.8 Å². The van der Waals surface area contributed by atoms with Gasteiger partial charge in [0.2, 0.25) is 5.91 Å². The minimum atomic E-state index is -4.40. The van der Waals surface area contributed by atoms with Crippen molar-refractivity contribution in [3.8, 4) is 6.07 Å². The fourth-order valence-corrected chi connectivity index (χ4v) is 3.96. The van der Waals surface area contributed by atoms with Gasteiger partial charge in [0, 0.05) is 38.3 Å². The summed E-state index contributed by atoms with van der Waals surface area (Å²) < 4.78 is 38.1. The number of likely N-dealkylation sites (tertiary alicyclic amines) is 1. The number of halogens is 3. The summed E-state index contributed by atoms with van der Waals surface area (Å²) in [4.78, 5) is 29.7. The average Bonchev–Trinajstić information content (AvgIpc) is 2.69. The Balaban J connectivity index is 1.58. The summed E-state index contributed by atoms with van der Waals surface area (Å²) >= 11 is 0. The zero-order valence-electron chi connectivity index (χ0n) is 16.0. The third kappa shape index (κ3) is 5.26. The summed E-state index contributed by atoms with van der Waals surface area (Å²) in [6, 6.07) is 8.45. The van der Waals surface area contributed by atoms with E-state index in [4.69, 9.17) is 5.26 Å². The number of piperidine rings is 1. The highest BCUT2D eigenvalue weighted by Gasteiger charge is 2.40. The van der Waals surface area contributed by atoms with E-state index in [1.54, 1.807) is 29.2 Å². The Morgan fingerprint density at radius 1 is 1.17 bits per heavy atom. The normalized spacial score (nSPS) is 21.2. The van der Waals surface area contributed by atoms with Gasteiger partial charge in [-0.2, -0.15) is 18.4 Å². The van der Waals surface area contributed by atoms with Gasteiger partial charge in [0.25, 0.3) is 5.91 Å². The first kappa shape index (κ1) is 21.1. The van der Waals surface area contributed by atoms with Crippen molar-refractivity contribution < 1.29 is 22.8 Å². The van der Waals surface area contributed by atoms with Crippen LogP contribution in [0.4, 0.5) is 13.2 Å². The molecule has 2 fully saturated rings. The second kappa shape index (κ2) is 8.82. The molecule has 1 aromatic rings. The van der Waals surface area contributed by atoms with Crippen LogP contribution in [-0.2, 0) is 11.2 Å². The molecule has 0 aromatic heterocycles. The molecule has 3 rings (SSSR count). The van der Waals surface area contributed by atoms with Crippen molar-refractivity contribution in [2.45, 2.75) is 31.5 Å². The number of piperazine rings is 1. The number of alkyl halides is 3. The summed E-state index contributed by atoms with van der Waals surface area (Å²) in [5, 5.41) is 8.81. The van der Waals surface area contributed by atoms with Crippen LogP contribution in [0.25, 0.3) is 0 Å². The zero-order chi connectivity index (χ0) is 21.0. The molecule has 2 heterocycles. The van der Waals surface area contributed by atoms with Crippen molar-refractivity contribution >= 4 is 11.8 Å². The number of hydrogen-bond acceptors (Lipinski definition) is 4. The third-order valence-electron chi connectivity index (χ3n) is 5.37. The molecule has 1 aromatic carbocycles. The highest BCUT2D eigenvalue weighted by atomic mass is 19.4. The molecule has 6 nitrogen and oxygen atoms in total. The van der Waals surface area contributed by atoms with Crippen LogP contribution in [0.15, 0.2) is 24.3 Å². The van der Waals surface area contributed by atoms with E-state index in [1.807, 2.05) is 4.90 Å². The van der Waals surface area contributed by atoms with E-state index < -0.39 is 24.7 Å². The second-order valence-electron chi connectivity index (χ2n) is 7.40. The van der Waals surface area contributed by atoms with E-state index >= 15 is 0 Å². The Bertz CT molecular complexity index is 798. The Kier molecular flexibility index (Phi) is 6.42. The van der Waals surface area contributed by atoms with Gasteiger partial charge in [-0.25, -0.2) is 0 Å². The predicted molar refractivity (Wildman–Crippen MR) is 98.9 cm³/mol. The van der Waals surface area contributed by atoms with Crippen LogP contribution in [0.5, 0.6) is 0 Å². The molecule has 0 aliphatic carbocycles. The molecule has 2 amide bonds. The number of rotatable bonds is 4. The second-order valence-corrected chi connectivity index (χ2v) is 7.40. The molecular formula is C20H23F3N4O2. The molecule has 1 atom stereocenters. The van der Waals surface area contributed by atoms with Crippen LogP contribution >= 0.6 is 0 Å². The molecule has 2 saturated heterocycles. The molecular weight excluding hydrogens is 385 g/mol. The van der Waals surface area contributed by atoms with Crippen molar-refractivity contribution in [2.75, 3.05) is 39.3 Å². The Morgan fingerprint density at radius 2 is 1.90 bits per heavy atom. The van der Waals surface area contributed by atoms with Crippen LogP contribution in [0.2, 0.25) is 0 Å². The van der Waals surface area contributed by atoms with Crippen LogP contribution < -0.4 is 0 Å². The molecule has 0 radical (unpaired) electrons. The highest BCUT2D eigenvalue weighted by molar-refractivity contribution is 5.94. The predicted octanol–water partition coefficient (Wildman–Crippen LogP) is 2.06. The first-order chi connectivity index (χ1) is 13.8. The van der Waals surface area contributed by atoms with E-state index in [2.05, 4.69) is 6.07 Å². The number of benzene rings is 1. The van der Waals surface area contributed by atoms with Crippen molar-refractivity contribution in [3.05, 3.63) is 35.4 Å². The monoisotopic (exact) mass is 408 g/mol. The molecule has 0 bridgehead atoms. The van der Waals surface area contributed by atoms with E-state index in [-0.39, 0.29) is 18.9 Å². The first-order valence-electron chi connectivity index (χ1n) is 9.63. The van der Waals surface area contributed by atoms with Gasteiger partial charge >= 0.3 is 6.18 Å². The van der Waals surface area contributed by atoms with Gasteiger partial charge in [-0.1, -0.05) is 12.1 Å². The van der Waals surface area contributed by atoms with Gasteiger partial charge in [0.05, 0.1) is 18.5 Å². The fraction of sp³-hybridized carbons (Fsp3) is 0.550. The van der Waals surface area contributed by atoms with Crippen molar-refractivity contribution in [3.63, 3.8) is 0 Å². The highest BCUT2D eigenvalue weighted by Crippen LogP contribution is 2.24. The largest absolute Gasteiger partial charge is 0.406 e. The van der Waals surface area contributed by atoms with Crippen LogP contribution in [0, 0.1) is 11.3 Å². The maximum Gasteiger partial charge on any atom is 0.406 e. The van der Waals surface area contributed by atoms with E-state index in [0.717, 1.165) is 10.5 Å². The number of hydrogen-bond donors (Lipinski definition) is 0. The molecule has 29 heavy (non-hydrogen) atoms. The lowest BCUT2D eigenvalue weighted by atomic mass is 10.0. The fourth-order valence-electron chi connectivity index (χ4n) is 3.96. The van der Waals surface area contributed by atoms with Gasteiger partial charge in [-0.3, -0.25) is 14.5 Å². The van der Waals surface area contributed by atoms with Crippen molar-refractivity contribution in [1.29, 1.82) is 5.26 Å². The topological polar surface area (TPSA) is 67.7 Å². The number of carbonyl (C=O) groups is 2. The van der Waals surface area contributed by atoms with E-state index in [0.29, 0.717) is 44.6 Å². The van der Waals surface area contributed by atoms with Gasteiger partial charge in [0.15, 0.2) is 0 Å². The zero-order valence-corrected chi connectivity index (χ0v) is 16.0. The Morgan fingerprint density at radius 3 is 2.55 bits per heavy atom. The lowest BCUT2D eigenvalue weighted by Crippen LogP contribution is -2.59. The number of amides is 2. The summed E-state index contributed by atoms with van der Waals surface area (Å²) in [6.07, 6.45) is -3.09. The summed E-state index contributed by atoms with van der Waals surface area (Å²) in [5.74, 6) is -0.615. The Hall–Kier alpha value is -2.60. The summed E-state index contributed by atoms with van der Waals surface area (Å²) in [7, 11) is 0. The quantitative estimate of drug-likeness (QED) is 0.765. The average molecular weight is 408 g/mol. The molecule has 9 heteroatoms. The molecule has 0 N–H and O–H groups in total. The van der Waals surface area contributed by atoms with Crippen molar-refractivity contribution in [1.82, 2.24) is 14.7 Å². The first-order valence-corrected chi connectivity index (χ1v) is 9.63. The number of nitrogens with zero attached hydrogens (tertiary/aromatic N) is 4. The van der Waals surface area contributed by atoms with E-state index in [1.165, 1.54) is 0 Å². The molecule has 0 spiro atoms. The maximum absolute atomic E-state index is 12.7. The number of nitriles is 1. The lowest BCUT2D eigenvalue weighted by Gasteiger charge is -2.42. The Labute approximate surface area is 167 Å². The maximum atomic E-state index is 12.7. The molecule has 156 valence electrons. The third-order valence-corrected chi connectivity index (χ3v) is 5.37. The lowest BCUT2D eigenvalue weighted by molar-refractivity contribution is -0.168. The minimum absolute atomic E-state index is 0.131. The molecule has 2 aliphatic heterocycles. The molecule has 2 aliphatic rings. The van der Waals surface area contributed by atoms with Crippen LogP contribution in [0.3, 0.4) is 0 Å². The smallest absolute Gasteiger partial charge is 0.336 e. The van der Waals surface area contributed by atoms with Gasteiger partial charge in [-0.15, -0.1) is 0 Å². The summed E-state index contributed by atoms with van der Waals surface area (Å²) in [5.41, 5.74) is 1.28. The standard InChI is InChI=1S/C20H23F3N4O2/c21-20(22,23)14-27-8-2-5-17(19(27)29)25-9-11-26(12-10-25)18(28)16-4-1-3-15(13-16)6-7-24/h1,3-4,13,17H,2,5-6,8-12,14H2/t17-/m0/s1. The van der Waals surface area contributed by atoms with Crippen molar-refractivity contribution in [2.24, 2.45) is 0 Å². The van der Waals surface area contributed by atoms with Crippen LogP contribution in [-0.4, -0.2) is 78.0 Å². The minimum Gasteiger partial charge on any atom is -0.336 e. The molecule has 0 unspecified atom stereocenters. The molecule has 0 saturated carbocycles. The summed E-state index contributed by atoms with van der Waals surface area (Å²) in [6.45, 7) is 0.626. The van der Waals surface area contributed by atoms with Crippen LogP contribution in [0.1, 0.15) is 28.8 Å².